The lowest BCUT2D eigenvalue weighted by atomic mass is 10.1. The van der Waals surface area contributed by atoms with Crippen LogP contribution in [0.4, 0.5) is 5.69 Å². The van der Waals surface area contributed by atoms with Gasteiger partial charge in [0.2, 0.25) is 0 Å². The monoisotopic (exact) mass is 207 g/mol. The van der Waals surface area contributed by atoms with Gasteiger partial charge in [-0.1, -0.05) is 0 Å². The summed E-state index contributed by atoms with van der Waals surface area (Å²) in [6.07, 6.45) is 1.58. The summed E-state index contributed by atoms with van der Waals surface area (Å²) in [6, 6.07) is 5.36. The maximum atomic E-state index is 10.4. The Bertz CT molecular complexity index is 389. The van der Waals surface area contributed by atoms with Gasteiger partial charge in [0.1, 0.15) is 5.75 Å². The SMILES string of the molecule is O=C(O)CCC1Cc2cc(O)ccc2N1. The second kappa shape index (κ2) is 3.81. The van der Waals surface area contributed by atoms with Gasteiger partial charge in [0, 0.05) is 18.2 Å². The molecule has 1 heterocycles. The molecule has 0 fully saturated rings. The minimum atomic E-state index is -0.768. The normalized spacial score (nSPS) is 18.3. The molecule has 0 saturated heterocycles. The Morgan fingerprint density at radius 3 is 3.07 bits per heavy atom. The zero-order valence-corrected chi connectivity index (χ0v) is 8.23. The molecule has 1 aromatic carbocycles. The average molecular weight is 207 g/mol. The summed E-state index contributed by atoms with van der Waals surface area (Å²) in [7, 11) is 0. The first-order valence-electron chi connectivity index (χ1n) is 4.95. The number of aliphatic carboxylic acids is 1. The zero-order chi connectivity index (χ0) is 10.8. The van der Waals surface area contributed by atoms with Crippen molar-refractivity contribution in [3.05, 3.63) is 23.8 Å². The first kappa shape index (κ1) is 9.83. The summed E-state index contributed by atoms with van der Waals surface area (Å²) in [4.78, 5) is 10.4. The van der Waals surface area contributed by atoms with Crippen molar-refractivity contribution in [3.8, 4) is 5.75 Å². The second-order valence-corrected chi connectivity index (χ2v) is 3.82. The van der Waals surface area contributed by atoms with E-state index in [4.69, 9.17) is 5.11 Å². The Hall–Kier alpha value is -1.71. The zero-order valence-electron chi connectivity index (χ0n) is 8.23. The molecule has 1 atom stereocenters. The van der Waals surface area contributed by atoms with Gasteiger partial charge in [-0.15, -0.1) is 0 Å². The van der Waals surface area contributed by atoms with E-state index >= 15 is 0 Å². The van der Waals surface area contributed by atoms with E-state index in [1.807, 2.05) is 6.07 Å². The predicted molar refractivity (Wildman–Crippen MR) is 56.1 cm³/mol. The topological polar surface area (TPSA) is 69.6 Å². The number of carboxylic acid groups (broad SMARTS) is 1. The highest BCUT2D eigenvalue weighted by molar-refractivity contribution is 5.67. The van der Waals surface area contributed by atoms with Gasteiger partial charge in [-0.3, -0.25) is 4.79 Å². The van der Waals surface area contributed by atoms with Crippen molar-refractivity contribution in [2.75, 3.05) is 5.32 Å². The standard InChI is InChI=1S/C11H13NO3/c13-9-2-3-10-7(6-9)5-8(12-10)1-4-11(14)15/h2-3,6,8,12-13H,1,4-5H2,(H,14,15). The van der Waals surface area contributed by atoms with Crippen LogP contribution in [0.15, 0.2) is 18.2 Å². The Kier molecular flexibility index (Phi) is 2.49. The third-order valence-corrected chi connectivity index (χ3v) is 2.62. The largest absolute Gasteiger partial charge is 0.508 e. The number of hydrogen-bond donors (Lipinski definition) is 3. The van der Waals surface area contributed by atoms with Crippen LogP contribution in [0.1, 0.15) is 18.4 Å². The van der Waals surface area contributed by atoms with Gasteiger partial charge in [0.25, 0.3) is 0 Å². The fourth-order valence-electron chi connectivity index (χ4n) is 1.90. The molecule has 80 valence electrons. The number of benzene rings is 1. The number of fused-ring (bicyclic) bond motifs is 1. The van der Waals surface area contributed by atoms with Gasteiger partial charge < -0.3 is 15.5 Å². The molecule has 1 unspecified atom stereocenters. The van der Waals surface area contributed by atoms with Crippen molar-refractivity contribution < 1.29 is 15.0 Å². The average Bonchev–Trinajstić information content (AvgIpc) is 2.56. The number of hydrogen-bond acceptors (Lipinski definition) is 3. The molecular weight excluding hydrogens is 194 g/mol. The first-order valence-corrected chi connectivity index (χ1v) is 4.95. The maximum absolute atomic E-state index is 10.4. The number of nitrogens with one attached hydrogen (secondary N) is 1. The summed E-state index contributed by atoms with van der Waals surface area (Å²) in [5, 5.41) is 21.1. The van der Waals surface area contributed by atoms with E-state index in [0.29, 0.717) is 6.42 Å². The fraction of sp³-hybridized carbons (Fsp3) is 0.364. The highest BCUT2D eigenvalue weighted by atomic mass is 16.4. The van der Waals surface area contributed by atoms with Crippen LogP contribution in [0.5, 0.6) is 5.75 Å². The number of phenolic OH excluding ortho intramolecular Hbond substituents is 1. The van der Waals surface area contributed by atoms with E-state index in [9.17, 15) is 9.90 Å². The molecule has 1 aromatic rings. The molecular formula is C11H13NO3. The predicted octanol–water partition coefficient (Wildman–Crippen LogP) is 1.59. The van der Waals surface area contributed by atoms with E-state index in [-0.39, 0.29) is 18.2 Å². The van der Waals surface area contributed by atoms with Crippen LogP contribution in [-0.2, 0) is 11.2 Å². The molecule has 1 aliphatic heterocycles. The fourth-order valence-corrected chi connectivity index (χ4v) is 1.90. The van der Waals surface area contributed by atoms with Gasteiger partial charge in [-0.2, -0.15) is 0 Å². The molecule has 0 bridgehead atoms. The van der Waals surface area contributed by atoms with Crippen molar-refractivity contribution in [1.82, 2.24) is 0 Å². The third-order valence-electron chi connectivity index (χ3n) is 2.62. The van der Waals surface area contributed by atoms with Crippen molar-refractivity contribution in [1.29, 1.82) is 0 Å². The van der Waals surface area contributed by atoms with Crippen molar-refractivity contribution >= 4 is 11.7 Å². The molecule has 4 nitrogen and oxygen atoms in total. The summed E-state index contributed by atoms with van der Waals surface area (Å²) >= 11 is 0. The van der Waals surface area contributed by atoms with Crippen LogP contribution in [-0.4, -0.2) is 22.2 Å². The minimum Gasteiger partial charge on any atom is -0.508 e. The number of aromatic hydroxyl groups is 1. The highest BCUT2D eigenvalue weighted by Crippen LogP contribution is 2.30. The molecule has 0 amide bonds. The van der Waals surface area contributed by atoms with Gasteiger partial charge in [0.05, 0.1) is 0 Å². The van der Waals surface area contributed by atoms with Gasteiger partial charge in [0.15, 0.2) is 0 Å². The number of anilines is 1. The van der Waals surface area contributed by atoms with Crippen LogP contribution >= 0.6 is 0 Å². The third kappa shape index (κ3) is 2.21. The lowest BCUT2D eigenvalue weighted by Crippen LogP contribution is -2.16. The molecule has 15 heavy (non-hydrogen) atoms. The molecule has 0 aromatic heterocycles. The second-order valence-electron chi connectivity index (χ2n) is 3.82. The van der Waals surface area contributed by atoms with Gasteiger partial charge in [-0.25, -0.2) is 0 Å². The molecule has 0 spiro atoms. The number of carboxylic acids is 1. The number of rotatable bonds is 3. The van der Waals surface area contributed by atoms with Gasteiger partial charge >= 0.3 is 5.97 Å². The lowest BCUT2D eigenvalue weighted by Gasteiger charge is -2.08. The Balaban J connectivity index is 2.00. The summed E-state index contributed by atoms with van der Waals surface area (Å²) in [6.45, 7) is 0. The van der Waals surface area contributed by atoms with Crippen molar-refractivity contribution in [2.24, 2.45) is 0 Å². The van der Waals surface area contributed by atoms with Crippen molar-refractivity contribution in [2.45, 2.75) is 25.3 Å². The Morgan fingerprint density at radius 1 is 1.53 bits per heavy atom. The van der Waals surface area contributed by atoms with E-state index in [0.717, 1.165) is 17.7 Å². The van der Waals surface area contributed by atoms with E-state index in [1.165, 1.54) is 0 Å². The van der Waals surface area contributed by atoms with Crippen LogP contribution < -0.4 is 5.32 Å². The van der Waals surface area contributed by atoms with Crippen LogP contribution in [0.25, 0.3) is 0 Å². The molecule has 0 radical (unpaired) electrons. The van der Waals surface area contributed by atoms with E-state index < -0.39 is 5.97 Å². The summed E-state index contributed by atoms with van der Waals surface area (Å²) in [5.41, 5.74) is 2.06. The lowest BCUT2D eigenvalue weighted by molar-refractivity contribution is -0.137. The van der Waals surface area contributed by atoms with Crippen molar-refractivity contribution in [3.63, 3.8) is 0 Å². The van der Waals surface area contributed by atoms with Crippen LogP contribution in [0.3, 0.4) is 0 Å². The number of carbonyl (C=O) groups is 1. The molecule has 3 N–H and O–H groups in total. The maximum Gasteiger partial charge on any atom is 0.303 e. The summed E-state index contributed by atoms with van der Waals surface area (Å²) in [5.74, 6) is -0.509. The molecule has 0 aliphatic carbocycles. The highest BCUT2D eigenvalue weighted by Gasteiger charge is 2.21. The quantitative estimate of drug-likeness (QED) is 0.658. The Morgan fingerprint density at radius 2 is 2.33 bits per heavy atom. The first-order chi connectivity index (χ1) is 7.15. The van der Waals surface area contributed by atoms with E-state index in [2.05, 4.69) is 5.32 Å². The molecule has 2 rings (SSSR count). The van der Waals surface area contributed by atoms with Crippen LogP contribution in [0.2, 0.25) is 0 Å². The number of phenols is 1. The minimum absolute atomic E-state index is 0.178. The summed E-state index contributed by atoms with van der Waals surface area (Å²) < 4.78 is 0. The molecule has 1 aliphatic rings. The Labute approximate surface area is 87.6 Å². The molecule has 4 heteroatoms. The van der Waals surface area contributed by atoms with E-state index in [1.54, 1.807) is 12.1 Å². The molecule has 0 saturated carbocycles. The van der Waals surface area contributed by atoms with Crippen LogP contribution in [0, 0.1) is 0 Å². The smallest absolute Gasteiger partial charge is 0.303 e. The van der Waals surface area contributed by atoms with Gasteiger partial charge in [-0.05, 0) is 36.6 Å².